The molecule has 0 aromatic heterocycles. The van der Waals surface area contributed by atoms with Crippen LogP contribution in [0.1, 0.15) is 72.1 Å². The summed E-state index contributed by atoms with van der Waals surface area (Å²) in [6, 6.07) is 0. The molecule has 0 aliphatic heterocycles. The molecule has 0 radical (unpaired) electrons. The van der Waals surface area contributed by atoms with Gasteiger partial charge in [-0.05, 0) is 128 Å². The summed E-state index contributed by atoms with van der Waals surface area (Å²) in [5, 5.41) is 0. The molecule has 1 spiro atoms. The second kappa shape index (κ2) is 10.0. The van der Waals surface area contributed by atoms with Gasteiger partial charge in [0.15, 0.2) is 25.0 Å². The van der Waals surface area contributed by atoms with Crippen molar-refractivity contribution in [2.75, 3.05) is 7.11 Å². The fraction of sp³-hybridized carbons (Fsp3) is 0.968. The van der Waals surface area contributed by atoms with Crippen LogP contribution in [0.15, 0.2) is 0 Å². The van der Waals surface area contributed by atoms with Crippen LogP contribution in [-0.4, -0.2) is 55.8 Å². The van der Waals surface area contributed by atoms with Crippen LogP contribution >= 0.6 is 0 Å². The van der Waals surface area contributed by atoms with Crippen molar-refractivity contribution >= 4 is 30.9 Å². The summed E-state index contributed by atoms with van der Waals surface area (Å²) in [6.45, 7) is 28.1. The molecule has 0 unspecified atom stereocenters. The predicted octanol–water partition coefficient (Wildman–Crippen LogP) is 8.23. The third-order valence-electron chi connectivity index (χ3n) is 11.0. The van der Waals surface area contributed by atoms with Gasteiger partial charge in [0.2, 0.25) is 0 Å². The number of methoxy groups -OCH3 is 1. The maximum atomic E-state index is 13.7. The zero-order chi connectivity index (χ0) is 29.4. The SMILES string of the molecule is CC[C@@]1(O[Si](C)(C)C)C[C@@]23C[C@@H]1CC[C@H]2[C@@]1(C)CCC[C@](C)(C(=O)OC)[C@H]1[C@H](O[Si](C)(C)C)[C@@H]3O[Si](C)(C)C. The molecule has 0 N–H and O–H groups in total. The van der Waals surface area contributed by atoms with Crippen LogP contribution in [0.4, 0.5) is 0 Å². The molecule has 2 bridgehead atoms. The monoisotopic (exact) mass is 596 g/mol. The summed E-state index contributed by atoms with van der Waals surface area (Å²) in [5.74, 6) is 1.09. The first kappa shape index (κ1) is 31.9. The minimum Gasteiger partial charge on any atom is -0.469 e. The van der Waals surface area contributed by atoms with E-state index in [0.717, 1.165) is 32.1 Å². The standard InChI is InChI=1S/C31H60O5Si3/c1-14-31(36-39(11,12)13)21-30-20-22(31)16-17-23(30)28(2)18-15-19-29(3,27(32)33-4)25(28)24(34-37(5,6)7)26(30)35-38(8,9)10/h22-26H,14-21H2,1-13H3/t22-,23-,24-,25-,26-,28+,29-,30-,31+/m0/s1. The van der Waals surface area contributed by atoms with Crippen LogP contribution in [0.2, 0.25) is 58.9 Å². The van der Waals surface area contributed by atoms with Crippen LogP contribution in [0.5, 0.6) is 0 Å². The van der Waals surface area contributed by atoms with Crippen LogP contribution in [0, 0.1) is 34.0 Å². The Kier molecular flexibility index (Phi) is 8.22. The predicted molar refractivity (Wildman–Crippen MR) is 167 cm³/mol. The van der Waals surface area contributed by atoms with Gasteiger partial charge in [-0.25, -0.2) is 0 Å². The number of rotatable bonds is 8. The number of carbonyl (C=O) groups is 1. The van der Waals surface area contributed by atoms with Crippen LogP contribution in [0.25, 0.3) is 0 Å². The Morgan fingerprint density at radius 3 is 2.00 bits per heavy atom. The Morgan fingerprint density at radius 1 is 0.872 bits per heavy atom. The van der Waals surface area contributed by atoms with Gasteiger partial charge in [0.05, 0.1) is 30.3 Å². The van der Waals surface area contributed by atoms with Gasteiger partial charge >= 0.3 is 5.97 Å². The van der Waals surface area contributed by atoms with Gasteiger partial charge < -0.3 is 18.0 Å². The molecule has 4 rings (SSSR count). The van der Waals surface area contributed by atoms with Crippen LogP contribution in [-0.2, 0) is 22.8 Å². The summed E-state index contributed by atoms with van der Waals surface area (Å²) < 4.78 is 27.6. The molecule has 0 heterocycles. The topological polar surface area (TPSA) is 54.0 Å². The number of fused-ring (bicyclic) bond motifs is 3. The van der Waals surface area contributed by atoms with Crippen molar-refractivity contribution in [3.63, 3.8) is 0 Å². The molecule has 0 saturated heterocycles. The van der Waals surface area contributed by atoms with Gasteiger partial charge in [-0.1, -0.05) is 20.3 Å². The van der Waals surface area contributed by atoms with E-state index in [0.29, 0.717) is 11.8 Å². The lowest BCUT2D eigenvalue weighted by Gasteiger charge is -2.69. The zero-order valence-corrected chi connectivity index (χ0v) is 30.6. The summed E-state index contributed by atoms with van der Waals surface area (Å²) >= 11 is 0. The van der Waals surface area contributed by atoms with E-state index < -0.39 is 30.4 Å². The molecule has 4 saturated carbocycles. The first-order valence-electron chi connectivity index (χ1n) is 15.8. The van der Waals surface area contributed by atoms with Crippen LogP contribution < -0.4 is 0 Å². The zero-order valence-electron chi connectivity index (χ0n) is 27.6. The molecule has 4 aliphatic rings. The molecular weight excluding hydrogens is 537 g/mol. The first-order valence-corrected chi connectivity index (χ1v) is 26.0. The Balaban J connectivity index is 1.97. The number of carbonyl (C=O) groups excluding carboxylic acids is 1. The van der Waals surface area contributed by atoms with Gasteiger partial charge in [0.25, 0.3) is 0 Å². The molecule has 0 aromatic carbocycles. The first-order chi connectivity index (χ1) is 17.7. The highest BCUT2D eigenvalue weighted by Gasteiger charge is 2.75. The number of esters is 1. The smallest absolute Gasteiger partial charge is 0.311 e. The highest BCUT2D eigenvalue weighted by Crippen LogP contribution is 2.75. The lowest BCUT2D eigenvalue weighted by atomic mass is 9.39. The van der Waals surface area contributed by atoms with Gasteiger partial charge in [-0.3, -0.25) is 4.79 Å². The maximum absolute atomic E-state index is 13.7. The highest BCUT2D eigenvalue weighted by molar-refractivity contribution is 6.70. The van der Waals surface area contributed by atoms with Crippen molar-refractivity contribution in [3.8, 4) is 0 Å². The van der Waals surface area contributed by atoms with Crippen molar-refractivity contribution < 1.29 is 22.8 Å². The van der Waals surface area contributed by atoms with Crippen molar-refractivity contribution in [2.24, 2.45) is 34.0 Å². The largest absolute Gasteiger partial charge is 0.469 e. The molecule has 226 valence electrons. The fourth-order valence-electron chi connectivity index (χ4n) is 10.4. The molecule has 4 aliphatic carbocycles. The van der Waals surface area contributed by atoms with E-state index in [1.54, 1.807) is 7.11 Å². The highest BCUT2D eigenvalue weighted by atomic mass is 28.4. The minimum atomic E-state index is -1.99. The number of ether oxygens (including phenoxy) is 1. The Morgan fingerprint density at radius 2 is 1.49 bits per heavy atom. The Hall–Kier alpha value is 0.000649. The number of hydrogen-bond acceptors (Lipinski definition) is 5. The molecular formula is C31H60O5Si3. The minimum absolute atomic E-state index is 0.00123. The molecule has 0 aromatic rings. The van der Waals surface area contributed by atoms with Crippen molar-refractivity contribution in [3.05, 3.63) is 0 Å². The van der Waals surface area contributed by atoms with Crippen molar-refractivity contribution in [1.29, 1.82) is 0 Å². The van der Waals surface area contributed by atoms with Gasteiger partial charge in [0.1, 0.15) is 0 Å². The van der Waals surface area contributed by atoms with E-state index in [1.807, 2.05) is 0 Å². The second-order valence-electron chi connectivity index (χ2n) is 17.2. The molecule has 39 heavy (non-hydrogen) atoms. The second-order valence-corrected chi connectivity index (χ2v) is 30.5. The van der Waals surface area contributed by atoms with E-state index in [9.17, 15) is 4.79 Å². The lowest BCUT2D eigenvalue weighted by Crippen LogP contribution is -2.71. The van der Waals surface area contributed by atoms with Gasteiger partial charge in [-0.2, -0.15) is 0 Å². The van der Waals surface area contributed by atoms with Gasteiger partial charge in [-0.15, -0.1) is 0 Å². The van der Waals surface area contributed by atoms with E-state index in [4.69, 9.17) is 18.0 Å². The quantitative estimate of drug-likeness (QED) is 0.209. The lowest BCUT2D eigenvalue weighted by molar-refractivity contribution is -0.247. The summed E-state index contributed by atoms with van der Waals surface area (Å²) in [7, 11) is -4.16. The van der Waals surface area contributed by atoms with E-state index in [-0.39, 0.29) is 40.5 Å². The third kappa shape index (κ3) is 5.46. The fourth-order valence-corrected chi connectivity index (χ4v) is 14.2. The summed E-state index contributed by atoms with van der Waals surface area (Å²) in [5.41, 5.74) is -0.629. The molecule has 9 atom stereocenters. The van der Waals surface area contributed by atoms with Gasteiger partial charge in [0, 0.05) is 11.3 Å². The van der Waals surface area contributed by atoms with E-state index in [2.05, 4.69) is 79.7 Å². The maximum Gasteiger partial charge on any atom is 0.311 e. The average Bonchev–Trinajstić information content (AvgIpc) is 3.00. The van der Waals surface area contributed by atoms with Crippen molar-refractivity contribution in [1.82, 2.24) is 0 Å². The Labute approximate surface area is 243 Å². The summed E-state index contributed by atoms with van der Waals surface area (Å²) in [4.78, 5) is 13.7. The van der Waals surface area contributed by atoms with Crippen LogP contribution in [0.3, 0.4) is 0 Å². The van der Waals surface area contributed by atoms with E-state index in [1.165, 1.54) is 19.3 Å². The average molecular weight is 597 g/mol. The molecule has 4 fully saturated rings. The molecule has 8 heteroatoms. The third-order valence-corrected chi connectivity index (χ3v) is 14.0. The number of hydrogen-bond donors (Lipinski definition) is 0. The Bertz CT molecular complexity index is 938. The van der Waals surface area contributed by atoms with E-state index >= 15 is 0 Å². The molecule has 5 nitrogen and oxygen atoms in total. The molecule has 0 amide bonds. The normalized spacial score (nSPS) is 44.5. The van der Waals surface area contributed by atoms with Crippen molar-refractivity contribution in [2.45, 2.75) is 149 Å². The summed E-state index contributed by atoms with van der Waals surface area (Å²) in [6.07, 6.45) is 8.72.